The van der Waals surface area contributed by atoms with Crippen molar-refractivity contribution in [1.82, 2.24) is 9.80 Å². The zero-order valence-electron chi connectivity index (χ0n) is 8.44. The number of carbonyl (C=O) groups excluding carboxylic acids is 1. The first-order valence-electron chi connectivity index (χ1n) is 4.67. The van der Waals surface area contributed by atoms with Gasteiger partial charge in [0.15, 0.2) is 0 Å². The third-order valence-electron chi connectivity index (χ3n) is 2.49. The number of carbonyl (C=O) groups is 1. The average Bonchev–Trinajstić information content (AvgIpc) is 2.17. The summed E-state index contributed by atoms with van der Waals surface area (Å²) in [6.07, 6.45) is 1.98. The molecule has 0 aromatic heterocycles. The molecule has 14 heavy (non-hydrogen) atoms. The van der Waals surface area contributed by atoms with E-state index in [1.54, 1.807) is 11.0 Å². The van der Waals surface area contributed by atoms with Crippen LogP contribution in [0.15, 0.2) is 12.7 Å². The van der Waals surface area contributed by atoms with Crippen molar-refractivity contribution >= 4 is 5.91 Å². The molecule has 0 saturated carbocycles. The molecule has 1 fully saturated rings. The van der Waals surface area contributed by atoms with E-state index in [1.165, 1.54) is 0 Å². The largest absolute Gasteiger partial charge is 0.336 e. The van der Waals surface area contributed by atoms with E-state index in [0.717, 1.165) is 13.1 Å². The zero-order chi connectivity index (χ0) is 10.6. The second kappa shape index (κ2) is 4.77. The molecule has 1 saturated heterocycles. The summed E-state index contributed by atoms with van der Waals surface area (Å²) in [6, 6.07) is 1.78. The highest BCUT2D eigenvalue weighted by atomic mass is 16.2. The fraction of sp³-hybridized carbons (Fsp3) is 0.600. The summed E-state index contributed by atoms with van der Waals surface area (Å²) in [5.74, 6) is 0.0419. The SMILES string of the molecule is C=CCN1CCN(C)C(CC#N)C1=O. The third kappa shape index (κ3) is 2.12. The van der Waals surface area contributed by atoms with Crippen molar-refractivity contribution in [3.8, 4) is 6.07 Å². The molecule has 1 aliphatic rings. The van der Waals surface area contributed by atoms with Gasteiger partial charge in [-0.25, -0.2) is 0 Å². The van der Waals surface area contributed by atoms with Gasteiger partial charge in [-0.05, 0) is 7.05 Å². The van der Waals surface area contributed by atoms with Crippen molar-refractivity contribution < 1.29 is 4.79 Å². The zero-order valence-corrected chi connectivity index (χ0v) is 8.44. The van der Waals surface area contributed by atoms with Gasteiger partial charge in [-0.3, -0.25) is 9.69 Å². The van der Waals surface area contributed by atoms with E-state index in [4.69, 9.17) is 5.26 Å². The van der Waals surface area contributed by atoms with Crippen molar-refractivity contribution in [2.75, 3.05) is 26.7 Å². The Morgan fingerprint density at radius 1 is 1.71 bits per heavy atom. The highest BCUT2D eigenvalue weighted by molar-refractivity contribution is 5.83. The predicted molar refractivity (Wildman–Crippen MR) is 53.4 cm³/mol. The van der Waals surface area contributed by atoms with Crippen LogP contribution < -0.4 is 0 Å². The van der Waals surface area contributed by atoms with E-state index in [-0.39, 0.29) is 18.4 Å². The van der Waals surface area contributed by atoms with Crippen LogP contribution >= 0.6 is 0 Å². The number of amides is 1. The molecule has 0 aliphatic carbocycles. The first kappa shape index (κ1) is 10.7. The molecule has 0 aromatic rings. The Kier molecular flexibility index (Phi) is 3.66. The van der Waals surface area contributed by atoms with Crippen molar-refractivity contribution in [3.63, 3.8) is 0 Å². The van der Waals surface area contributed by atoms with Crippen LogP contribution in [0.5, 0.6) is 0 Å². The van der Waals surface area contributed by atoms with Gasteiger partial charge in [0, 0.05) is 19.6 Å². The van der Waals surface area contributed by atoms with E-state index >= 15 is 0 Å². The summed E-state index contributed by atoms with van der Waals surface area (Å²) in [7, 11) is 1.88. The van der Waals surface area contributed by atoms with Gasteiger partial charge in [-0.2, -0.15) is 5.26 Å². The van der Waals surface area contributed by atoms with Crippen LogP contribution in [0.2, 0.25) is 0 Å². The predicted octanol–water partition coefficient (Wildman–Crippen LogP) is 0.229. The first-order chi connectivity index (χ1) is 6.70. The Morgan fingerprint density at radius 3 is 3.00 bits per heavy atom. The molecular formula is C10H15N3O. The number of piperazine rings is 1. The van der Waals surface area contributed by atoms with Gasteiger partial charge in [0.25, 0.3) is 0 Å². The van der Waals surface area contributed by atoms with Gasteiger partial charge < -0.3 is 4.90 Å². The number of nitrogens with zero attached hydrogens (tertiary/aromatic N) is 3. The fourth-order valence-corrected chi connectivity index (χ4v) is 1.61. The Labute approximate surface area is 84.4 Å². The number of likely N-dealkylation sites (N-methyl/N-ethyl adjacent to an activating group) is 1. The Balaban J connectivity index is 2.67. The van der Waals surface area contributed by atoms with E-state index in [2.05, 4.69) is 6.58 Å². The van der Waals surface area contributed by atoms with E-state index < -0.39 is 0 Å². The average molecular weight is 193 g/mol. The maximum absolute atomic E-state index is 11.8. The molecule has 1 rings (SSSR count). The van der Waals surface area contributed by atoms with Crippen LogP contribution in [-0.4, -0.2) is 48.4 Å². The van der Waals surface area contributed by atoms with Gasteiger partial charge in [0.1, 0.15) is 6.04 Å². The molecule has 1 amide bonds. The monoisotopic (exact) mass is 193 g/mol. The van der Waals surface area contributed by atoms with E-state index in [9.17, 15) is 4.79 Å². The molecule has 1 aliphatic heterocycles. The van der Waals surface area contributed by atoms with Gasteiger partial charge in [0.2, 0.25) is 5.91 Å². The molecular weight excluding hydrogens is 178 g/mol. The minimum absolute atomic E-state index is 0.0419. The molecule has 76 valence electrons. The number of hydrogen-bond donors (Lipinski definition) is 0. The Bertz CT molecular complexity index is 269. The maximum atomic E-state index is 11.8. The van der Waals surface area contributed by atoms with Crippen LogP contribution in [0.1, 0.15) is 6.42 Å². The van der Waals surface area contributed by atoms with Crippen molar-refractivity contribution in [2.24, 2.45) is 0 Å². The Morgan fingerprint density at radius 2 is 2.43 bits per heavy atom. The number of nitriles is 1. The second-order valence-corrected chi connectivity index (χ2v) is 3.43. The lowest BCUT2D eigenvalue weighted by Gasteiger charge is -2.37. The number of rotatable bonds is 3. The molecule has 0 spiro atoms. The summed E-state index contributed by atoms with van der Waals surface area (Å²) < 4.78 is 0. The summed E-state index contributed by atoms with van der Waals surface area (Å²) >= 11 is 0. The minimum atomic E-state index is -0.270. The highest BCUT2D eigenvalue weighted by Gasteiger charge is 2.31. The molecule has 0 aromatic carbocycles. The van der Waals surface area contributed by atoms with Crippen molar-refractivity contribution in [2.45, 2.75) is 12.5 Å². The summed E-state index contributed by atoms with van der Waals surface area (Å²) in [4.78, 5) is 15.5. The van der Waals surface area contributed by atoms with Crippen LogP contribution in [0, 0.1) is 11.3 Å². The highest BCUT2D eigenvalue weighted by Crippen LogP contribution is 2.11. The third-order valence-corrected chi connectivity index (χ3v) is 2.49. The number of hydrogen-bond acceptors (Lipinski definition) is 3. The van der Waals surface area contributed by atoms with Gasteiger partial charge in [0.05, 0.1) is 12.5 Å². The molecule has 0 bridgehead atoms. The molecule has 1 heterocycles. The molecule has 4 heteroatoms. The molecule has 1 atom stereocenters. The normalized spacial score (nSPS) is 23.3. The smallest absolute Gasteiger partial charge is 0.241 e. The standard InChI is InChI=1S/C10H15N3O/c1-3-6-13-8-7-12(2)9(4-5-11)10(13)14/h3,9H,1,4,6-8H2,2H3. The van der Waals surface area contributed by atoms with Crippen molar-refractivity contribution in [1.29, 1.82) is 5.26 Å². The van der Waals surface area contributed by atoms with Gasteiger partial charge in [-0.1, -0.05) is 6.08 Å². The minimum Gasteiger partial charge on any atom is -0.336 e. The van der Waals surface area contributed by atoms with Crippen LogP contribution in [0.3, 0.4) is 0 Å². The fourth-order valence-electron chi connectivity index (χ4n) is 1.61. The maximum Gasteiger partial charge on any atom is 0.241 e. The lowest BCUT2D eigenvalue weighted by atomic mass is 10.1. The van der Waals surface area contributed by atoms with Crippen molar-refractivity contribution in [3.05, 3.63) is 12.7 Å². The molecule has 0 radical (unpaired) electrons. The first-order valence-corrected chi connectivity index (χ1v) is 4.67. The lowest BCUT2D eigenvalue weighted by Crippen LogP contribution is -2.55. The summed E-state index contributed by atoms with van der Waals surface area (Å²) in [5, 5.41) is 8.60. The van der Waals surface area contributed by atoms with Crippen LogP contribution in [0.25, 0.3) is 0 Å². The molecule has 1 unspecified atom stereocenters. The summed E-state index contributed by atoms with van der Waals surface area (Å²) in [5.41, 5.74) is 0. The van der Waals surface area contributed by atoms with Crippen LogP contribution in [0.4, 0.5) is 0 Å². The lowest BCUT2D eigenvalue weighted by molar-refractivity contribution is -0.139. The molecule has 0 N–H and O–H groups in total. The molecule has 4 nitrogen and oxygen atoms in total. The quantitative estimate of drug-likeness (QED) is 0.603. The second-order valence-electron chi connectivity index (χ2n) is 3.43. The van der Waals surface area contributed by atoms with E-state index in [1.807, 2.05) is 18.0 Å². The topological polar surface area (TPSA) is 47.3 Å². The summed E-state index contributed by atoms with van der Waals surface area (Å²) in [6.45, 7) is 5.74. The Hall–Kier alpha value is -1.34. The van der Waals surface area contributed by atoms with Crippen LogP contribution in [-0.2, 0) is 4.79 Å². The van der Waals surface area contributed by atoms with Gasteiger partial charge in [-0.15, -0.1) is 6.58 Å². The van der Waals surface area contributed by atoms with E-state index in [0.29, 0.717) is 6.54 Å². The van der Waals surface area contributed by atoms with Gasteiger partial charge >= 0.3 is 0 Å².